The van der Waals surface area contributed by atoms with Crippen LogP contribution in [0.1, 0.15) is 25.0 Å². The summed E-state index contributed by atoms with van der Waals surface area (Å²) in [6.45, 7) is 1.90. The lowest BCUT2D eigenvalue weighted by Crippen LogP contribution is -2.56. The predicted molar refractivity (Wildman–Crippen MR) is 73.0 cm³/mol. The second kappa shape index (κ2) is 5.20. The summed E-state index contributed by atoms with van der Waals surface area (Å²) in [4.78, 5) is 13.1. The largest absolute Gasteiger partial charge is 0.382 e. The quantitative estimate of drug-likeness (QED) is 0.843. The number of nitrogens with zero attached hydrogens (tertiary/aromatic N) is 4. The molecule has 5 nitrogen and oxygen atoms in total. The summed E-state index contributed by atoms with van der Waals surface area (Å²) in [5.41, 5.74) is 6.87. The molecule has 1 aliphatic rings. The molecule has 0 unspecified atom stereocenters. The zero-order valence-corrected chi connectivity index (χ0v) is 11.6. The van der Waals surface area contributed by atoms with Crippen molar-refractivity contribution >= 4 is 5.82 Å². The lowest BCUT2D eigenvalue weighted by atomic mass is 9.75. The summed E-state index contributed by atoms with van der Waals surface area (Å²) in [5.74, 6) is 0.477. The van der Waals surface area contributed by atoms with Gasteiger partial charge in [0.05, 0.1) is 18.1 Å². The second-order valence-electron chi connectivity index (χ2n) is 5.58. The van der Waals surface area contributed by atoms with Crippen molar-refractivity contribution in [2.45, 2.75) is 31.3 Å². The molecule has 0 aromatic carbocycles. The maximum absolute atomic E-state index is 5.54. The van der Waals surface area contributed by atoms with E-state index in [0.29, 0.717) is 11.4 Å². The van der Waals surface area contributed by atoms with Crippen molar-refractivity contribution in [3.05, 3.63) is 18.1 Å². The average molecular weight is 249 g/mol. The number of nitrogens with two attached hydrogens (primary N) is 1. The minimum atomic E-state index is 0.357. The van der Waals surface area contributed by atoms with Crippen LogP contribution in [0.25, 0.3) is 0 Å². The fourth-order valence-corrected chi connectivity index (χ4v) is 2.61. The maximum Gasteiger partial charge on any atom is 0.141 e. The van der Waals surface area contributed by atoms with Crippen LogP contribution in [0, 0.1) is 0 Å². The monoisotopic (exact) mass is 249 g/mol. The van der Waals surface area contributed by atoms with Crippen LogP contribution in [0.15, 0.2) is 12.4 Å². The van der Waals surface area contributed by atoms with Gasteiger partial charge in [0.2, 0.25) is 0 Å². The third-order valence-electron chi connectivity index (χ3n) is 3.95. The SMILES string of the molecule is CN(Cc1cnc(N)cn1)CC1(N(C)C)CCC1. The number of hydrogen-bond donors (Lipinski definition) is 1. The highest BCUT2D eigenvalue weighted by Gasteiger charge is 2.39. The van der Waals surface area contributed by atoms with Gasteiger partial charge in [-0.1, -0.05) is 0 Å². The van der Waals surface area contributed by atoms with Crippen molar-refractivity contribution in [3.63, 3.8) is 0 Å². The van der Waals surface area contributed by atoms with Crippen molar-refractivity contribution in [3.8, 4) is 0 Å². The fraction of sp³-hybridized carbons (Fsp3) is 0.692. The molecule has 0 spiro atoms. The lowest BCUT2D eigenvalue weighted by Gasteiger charge is -2.49. The van der Waals surface area contributed by atoms with E-state index >= 15 is 0 Å². The van der Waals surface area contributed by atoms with Gasteiger partial charge in [-0.15, -0.1) is 0 Å². The Morgan fingerprint density at radius 2 is 1.94 bits per heavy atom. The van der Waals surface area contributed by atoms with Crippen LogP contribution >= 0.6 is 0 Å². The summed E-state index contributed by atoms with van der Waals surface area (Å²) in [5, 5.41) is 0. The Balaban J connectivity index is 1.92. The minimum Gasteiger partial charge on any atom is -0.382 e. The van der Waals surface area contributed by atoms with Crippen LogP contribution in [0.2, 0.25) is 0 Å². The van der Waals surface area contributed by atoms with Crippen LogP contribution in [0.3, 0.4) is 0 Å². The molecule has 1 aromatic rings. The van der Waals surface area contributed by atoms with Crippen molar-refractivity contribution in [1.29, 1.82) is 0 Å². The van der Waals surface area contributed by atoms with E-state index < -0.39 is 0 Å². The number of rotatable bonds is 5. The van der Waals surface area contributed by atoms with E-state index in [0.717, 1.165) is 18.8 Å². The van der Waals surface area contributed by atoms with Crippen LogP contribution in [0.5, 0.6) is 0 Å². The fourth-order valence-electron chi connectivity index (χ4n) is 2.61. The predicted octanol–water partition coefficient (Wildman–Crippen LogP) is 0.975. The highest BCUT2D eigenvalue weighted by molar-refractivity contribution is 5.22. The van der Waals surface area contributed by atoms with Gasteiger partial charge in [0.15, 0.2) is 0 Å². The Labute approximate surface area is 109 Å². The normalized spacial score (nSPS) is 18.1. The Bertz CT molecular complexity index is 383. The highest BCUT2D eigenvalue weighted by atomic mass is 15.2. The molecule has 2 N–H and O–H groups in total. The summed E-state index contributed by atoms with van der Waals surface area (Å²) in [6, 6.07) is 0. The average Bonchev–Trinajstić information content (AvgIpc) is 2.26. The van der Waals surface area contributed by atoms with Gasteiger partial charge in [0.1, 0.15) is 5.82 Å². The molecule has 0 aliphatic heterocycles. The van der Waals surface area contributed by atoms with E-state index in [2.05, 4.69) is 40.9 Å². The van der Waals surface area contributed by atoms with Crippen LogP contribution in [0.4, 0.5) is 5.82 Å². The molecular weight excluding hydrogens is 226 g/mol. The van der Waals surface area contributed by atoms with E-state index in [4.69, 9.17) is 5.73 Å². The smallest absolute Gasteiger partial charge is 0.141 e. The molecule has 1 heterocycles. The third kappa shape index (κ3) is 2.79. The van der Waals surface area contributed by atoms with E-state index in [1.807, 2.05) is 0 Å². The van der Waals surface area contributed by atoms with Gasteiger partial charge in [-0.25, -0.2) is 4.98 Å². The number of anilines is 1. The Morgan fingerprint density at radius 3 is 2.39 bits per heavy atom. The molecule has 100 valence electrons. The van der Waals surface area contributed by atoms with Crippen molar-refractivity contribution < 1.29 is 0 Å². The van der Waals surface area contributed by atoms with E-state index in [9.17, 15) is 0 Å². The highest BCUT2D eigenvalue weighted by Crippen LogP contribution is 2.36. The van der Waals surface area contributed by atoms with Gasteiger partial charge in [-0.2, -0.15) is 0 Å². The maximum atomic E-state index is 5.54. The molecule has 2 rings (SSSR count). The molecule has 1 aliphatic carbocycles. The molecular formula is C13H23N5. The van der Waals surface area contributed by atoms with E-state index in [1.54, 1.807) is 12.4 Å². The molecule has 0 bridgehead atoms. The van der Waals surface area contributed by atoms with Gasteiger partial charge < -0.3 is 10.6 Å². The minimum absolute atomic E-state index is 0.357. The lowest BCUT2D eigenvalue weighted by molar-refractivity contribution is 0.0256. The van der Waals surface area contributed by atoms with Crippen LogP contribution < -0.4 is 5.73 Å². The molecule has 0 saturated heterocycles. The molecule has 1 aromatic heterocycles. The molecule has 0 radical (unpaired) electrons. The second-order valence-corrected chi connectivity index (χ2v) is 5.58. The van der Waals surface area contributed by atoms with Crippen molar-refractivity contribution in [1.82, 2.24) is 19.8 Å². The summed E-state index contributed by atoms with van der Waals surface area (Å²) in [7, 11) is 6.49. The summed E-state index contributed by atoms with van der Waals surface area (Å²) < 4.78 is 0. The van der Waals surface area contributed by atoms with E-state index in [-0.39, 0.29) is 0 Å². The summed E-state index contributed by atoms with van der Waals surface area (Å²) >= 11 is 0. The van der Waals surface area contributed by atoms with Gasteiger partial charge in [-0.3, -0.25) is 9.88 Å². The zero-order chi connectivity index (χ0) is 13.2. The first-order valence-electron chi connectivity index (χ1n) is 6.44. The molecule has 1 saturated carbocycles. The van der Waals surface area contributed by atoms with Gasteiger partial charge in [-0.05, 0) is 40.4 Å². The first-order chi connectivity index (χ1) is 8.52. The topological polar surface area (TPSA) is 58.3 Å². The van der Waals surface area contributed by atoms with Gasteiger partial charge >= 0.3 is 0 Å². The Morgan fingerprint density at radius 1 is 1.22 bits per heavy atom. The first kappa shape index (κ1) is 13.2. The summed E-state index contributed by atoms with van der Waals surface area (Å²) in [6.07, 6.45) is 7.30. The van der Waals surface area contributed by atoms with Crippen LogP contribution in [-0.4, -0.2) is 53.0 Å². The Kier molecular flexibility index (Phi) is 3.82. The molecule has 18 heavy (non-hydrogen) atoms. The van der Waals surface area contributed by atoms with Crippen LogP contribution in [-0.2, 0) is 6.54 Å². The van der Waals surface area contributed by atoms with Gasteiger partial charge in [0.25, 0.3) is 0 Å². The van der Waals surface area contributed by atoms with Crippen molar-refractivity contribution in [2.24, 2.45) is 0 Å². The van der Waals surface area contributed by atoms with E-state index in [1.165, 1.54) is 19.3 Å². The van der Waals surface area contributed by atoms with Crippen molar-refractivity contribution in [2.75, 3.05) is 33.4 Å². The molecule has 5 heteroatoms. The number of nitrogen functional groups attached to an aromatic ring is 1. The van der Waals surface area contributed by atoms with Gasteiger partial charge in [0, 0.05) is 18.6 Å². The molecule has 1 fully saturated rings. The number of aromatic nitrogens is 2. The third-order valence-corrected chi connectivity index (χ3v) is 3.95. The molecule has 0 amide bonds. The first-order valence-corrected chi connectivity index (χ1v) is 6.44. The zero-order valence-electron chi connectivity index (χ0n) is 11.6. The molecule has 0 atom stereocenters. The number of hydrogen-bond acceptors (Lipinski definition) is 5. The Hall–Kier alpha value is -1.20. The standard InChI is InChI=1S/C13H23N5/c1-17(2)13(5-4-6-13)10-18(3)9-11-7-16-12(14)8-15-11/h7-8H,4-6,9-10H2,1-3H3,(H2,14,16). The number of likely N-dealkylation sites (N-methyl/N-ethyl adjacent to an activating group) is 2.